The summed E-state index contributed by atoms with van der Waals surface area (Å²) in [5, 5.41) is 0. The van der Waals surface area contributed by atoms with Gasteiger partial charge in [-0.25, -0.2) is 4.99 Å². The van der Waals surface area contributed by atoms with Crippen LogP contribution in [0, 0.1) is 6.92 Å². The minimum absolute atomic E-state index is 0.0914. The van der Waals surface area contributed by atoms with Crippen molar-refractivity contribution in [1.29, 1.82) is 0 Å². The number of benzene rings is 1. The molecule has 3 amide bonds. The van der Waals surface area contributed by atoms with Crippen LogP contribution in [0.2, 0.25) is 0 Å². The summed E-state index contributed by atoms with van der Waals surface area (Å²) >= 11 is 0. The monoisotopic (exact) mass is 503 g/mol. The Morgan fingerprint density at radius 1 is 1.19 bits per heavy atom. The lowest BCUT2D eigenvalue weighted by Crippen LogP contribution is -2.40. The van der Waals surface area contributed by atoms with E-state index in [0.29, 0.717) is 30.8 Å². The Balaban J connectivity index is 1.67. The van der Waals surface area contributed by atoms with Gasteiger partial charge < -0.3 is 21.3 Å². The molecule has 4 rings (SSSR count). The second-order valence-corrected chi connectivity index (χ2v) is 10.5. The first-order valence-corrected chi connectivity index (χ1v) is 13.1. The van der Waals surface area contributed by atoms with Gasteiger partial charge in [0, 0.05) is 42.6 Å². The summed E-state index contributed by atoms with van der Waals surface area (Å²) in [4.78, 5) is 45.8. The molecule has 1 aromatic rings. The summed E-state index contributed by atoms with van der Waals surface area (Å²) in [5.41, 5.74) is 16.2. The maximum atomic E-state index is 13.3. The number of aryl methyl sites for hydroxylation is 1. The summed E-state index contributed by atoms with van der Waals surface area (Å²) < 4.78 is 0. The van der Waals surface area contributed by atoms with E-state index in [2.05, 4.69) is 30.1 Å². The first kappa shape index (κ1) is 26.4. The first-order chi connectivity index (χ1) is 17.6. The number of amidine groups is 1. The summed E-state index contributed by atoms with van der Waals surface area (Å²) in [6, 6.07) is 5.96. The lowest BCUT2D eigenvalue weighted by Gasteiger charge is -2.32. The number of carbonyl (C=O) groups excluding carboxylic acids is 3. The third kappa shape index (κ3) is 5.68. The largest absolute Gasteiger partial charge is 0.387 e. The van der Waals surface area contributed by atoms with Gasteiger partial charge in [0.05, 0.1) is 12.2 Å². The van der Waals surface area contributed by atoms with Crippen LogP contribution in [-0.4, -0.2) is 59.5 Å². The quantitative estimate of drug-likeness (QED) is 0.594. The number of nitrogens with two attached hydrogens (primary N) is 2. The van der Waals surface area contributed by atoms with Crippen LogP contribution in [0.5, 0.6) is 0 Å². The zero-order valence-corrected chi connectivity index (χ0v) is 22.0. The van der Waals surface area contributed by atoms with E-state index < -0.39 is 5.91 Å². The smallest absolute Gasteiger partial charge is 0.253 e. The van der Waals surface area contributed by atoms with Crippen molar-refractivity contribution in [3.05, 3.63) is 70.0 Å². The molecule has 0 aromatic heterocycles. The minimum atomic E-state index is -0.551. The van der Waals surface area contributed by atoms with Crippen molar-refractivity contribution in [2.24, 2.45) is 16.5 Å². The van der Waals surface area contributed by atoms with Gasteiger partial charge in [-0.1, -0.05) is 32.1 Å². The SMILES string of the molecule is CCCN(CC(N)=O)C(=O)C1=CC2=CC(C)(c3ccc(C(=O)N4CCCC4)cc3C)CC=C2N=C(N)C1. The molecular formula is C29H37N5O3. The molecule has 1 fully saturated rings. The molecule has 0 bridgehead atoms. The summed E-state index contributed by atoms with van der Waals surface area (Å²) in [7, 11) is 0. The maximum absolute atomic E-state index is 13.3. The van der Waals surface area contributed by atoms with Gasteiger partial charge in [0.15, 0.2) is 0 Å². The van der Waals surface area contributed by atoms with E-state index in [9.17, 15) is 14.4 Å². The van der Waals surface area contributed by atoms with Crippen molar-refractivity contribution >= 4 is 23.6 Å². The molecule has 4 N–H and O–H groups in total. The summed E-state index contributed by atoms with van der Waals surface area (Å²) in [6.07, 6.45) is 9.79. The van der Waals surface area contributed by atoms with Crippen LogP contribution in [0.25, 0.3) is 0 Å². The van der Waals surface area contributed by atoms with Crippen LogP contribution in [-0.2, 0) is 15.0 Å². The molecule has 0 saturated carbocycles. The van der Waals surface area contributed by atoms with E-state index in [1.807, 2.05) is 37.0 Å². The molecule has 2 heterocycles. The number of amides is 3. The van der Waals surface area contributed by atoms with Crippen LogP contribution in [0.3, 0.4) is 0 Å². The topological polar surface area (TPSA) is 122 Å². The van der Waals surface area contributed by atoms with Crippen molar-refractivity contribution in [2.45, 2.75) is 58.3 Å². The number of primary amides is 1. The fourth-order valence-electron chi connectivity index (χ4n) is 5.54. The molecule has 8 nitrogen and oxygen atoms in total. The number of rotatable bonds is 7. The highest BCUT2D eigenvalue weighted by molar-refractivity contribution is 6.02. The number of allylic oxidation sites excluding steroid dienone is 3. The molecule has 196 valence electrons. The number of carbonyl (C=O) groups is 3. The predicted octanol–water partition coefficient (Wildman–Crippen LogP) is 3.11. The normalized spacial score (nSPS) is 21.2. The van der Waals surface area contributed by atoms with Crippen molar-refractivity contribution < 1.29 is 14.4 Å². The molecule has 1 aliphatic carbocycles. The molecule has 0 radical (unpaired) electrons. The average molecular weight is 504 g/mol. The number of aliphatic imine (C=N–C) groups is 1. The predicted molar refractivity (Wildman–Crippen MR) is 145 cm³/mol. The first-order valence-electron chi connectivity index (χ1n) is 13.1. The number of hydrogen-bond donors (Lipinski definition) is 2. The molecule has 0 spiro atoms. The van der Waals surface area contributed by atoms with Crippen LogP contribution in [0.15, 0.2) is 58.3 Å². The van der Waals surface area contributed by atoms with E-state index in [-0.39, 0.29) is 30.2 Å². The third-order valence-electron chi connectivity index (χ3n) is 7.34. The lowest BCUT2D eigenvalue weighted by atomic mass is 9.73. The molecule has 1 aromatic carbocycles. The van der Waals surface area contributed by atoms with Crippen LogP contribution < -0.4 is 11.5 Å². The molecule has 37 heavy (non-hydrogen) atoms. The molecular weight excluding hydrogens is 466 g/mol. The zero-order chi connectivity index (χ0) is 26.7. The second-order valence-electron chi connectivity index (χ2n) is 10.5. The second kappa shape index (κ2) is 10.7. The zero-order valence-electron chi connectivity index (χ0n) is 22.0. The Kier molecular flexibility index (Phi) is 7.66. The highest BCUT2D eigenvalue weighted by atomic mass is 16.2. The Morgan fingerprint density at radius 3 is 2.57 bits per heavy atom. The van der Waals surface area contributed by atoms with Gasteiger partial charge >= 0.3 is 0 Å². The number of fused-ring (bicyclic) bond motifs is 1. The van der Waals surface area contributed by atoms with E-state index in [4.69, 9.17) is 11.5 Å². The minimum Gasteiger partial charge on any atom is -0.387 e. The number of hydrogen-bond acceptors (Lipinski definition) is 5. The fourth-order valence-corrected chi connectivity index (χ4v) is 5.54. The highest BCUT2D eigenvalue weighted by Crippen LogP contribution is 2.40. The molecule has 1 unspecified atom stereocenters. The van der Waals surface area contributed by atoms with Gasteiger partial charge in [0.25, 0.3) is 11.8 Å². The van der Waals surface area contributed by atoms with E-state index in [0.717, 1.165) is 53.9 Å². The van der Waals surface area contributed by atoms with Gasteiger partial charge in [-0.2, -0.15) is 0 Å². The van der Waals surface area contributed by atoms with Crippen LogP contribution in [0.1, 0.15) is 67.4 Å². The van der Waals surface area contributed by atoms with Gasteiger partial charge in [-0.15, -0.1) is 0 Å². The molecule has 8 heteroatoms. The van der Waals surface area contributed by atoms with Crippen molar-refractivity contribution in [3.63, 3.8) is 0 Å². The Hall–Kier alpha value is -3.68. The van der Waals surface area contributed by atoms with Crippen molar-refractivity contribution in [1.82, 2.24) is 9.80 Å². The molecule has 1 saturated heterocycles. The Bertz CT molecular complexity index is 1240. The van der Waals surface area contributed by atoms with Crippen molar-refractivity contribution in [3.8, 4) is 0 Å². The van der Waals surface area contributed by atoms with E-state index in [1.165, 1.54) is 4.90 Å². The van der Waals surface area contributed by atoms with Crippen molar-refractivity contribution in [2.75, 3.05) is 26.2 Å². The fraction of sp³-hybridized carbons (Fsp3) is 0.448. The number of nitrogens with zero attached hydrogens (tertiary/aromatic N) is 3. The molecule has 1 atom stereocenters. The van der Waals surface area contributed by atoms with Gasteiger partial charge in [-0.3, -0.25) is 14.4 Å². The maximum Gasteiger partial charge on any atom is 0.253 e. The molecule has 2 aliphatic heterocycles. The number of likely N-dealkylation sites (tertiary alicyclic amines) is 1. The van der Waals surface area contributed by atoms with Crippen LogP contribution >= 0.6 is 0 Å². The third-order valence-corrected chi connectivity index (χ3v) is 7.34. The highest BCUT2D eigenvalue weighted by Gasteiger charge is 2.32. The van der Waals surface area contributed by atoms with Gasteiger partial charge in [0.1, 0.15) is 5.84 Å². The average Bonchev–Trinajstić information content (AvgIpc) is 3.33. The summed E-state index contributed by atoms with van der Waals surface area (Å²) in [5.74, 6) is -0.359. The van der Waals surface area contributed by atoms with E-state index in [1.54, 1.807) is 0 Å². The van der Waals surface area contributed by atoms with Gasteiger partial charge in [-0.05, 0) is 67.5 Å². The Labute approximate surface area is 218 Å². The van der Waals surface area contributed by atoms with Crippen LogP contribution in [0.4, 0.5) is 0 Å². The van der Waals surface area contributed by atoms with Gasteiger partial charge in [0.2, 0.25) is 5.91 Å². The standard InChI is InChI=1S/C29H37N5O3/c1-4-11-34(18-26(31)35)28(37)21-15-22-17-29(3,10-9-24(22)32-25(30)16-21)23-8-7-20(14-19(23)2)27(36)33-12-5-6-13-33/h7-9,14-15,17H,4-6,10-13,16,18H2,1-3H3,(H2,30,32)(H2,31,35). The lowest BCUT2D eigenvalue weighted by molar-refractivity contribution is -0.132. The van der Waals surface area contributed by atoms with E-state index >= 15 is 0 Å². The molecule has 3 aliphatic rings. The Morgan fingerprint density at radius 2 is 1.92 bits per heavy atom. The summed E-state index contributed by atoms with van der Waals surface area (Å²) in [6.45, 7) is 8.08.